The molecule has 0 amide bonds. The van der Waals surface area contributed by atoms with Crippen LogP contribution in [-0.2, 0) is 0 Å². The van der Waals surface area contributed by atoms with Gasteiger partial charge in [0.15, 0.2) is 0 Å². The monoisotopic (exact) mass is 138 g/mol. The average molecular weight is 138 g/mol. The van der Waals surface area contributed by atoms with Gasteiger partial charge in [0.05, 0.1) is 0 Å². The van der Waals surface area contributed by atoms with Crippen LogP contribution in [0.5, 0.6) is 0 Å². The Morgan fingerprint density at radius 1 is 0.600 bits per heavy atom. The van der Waals surface area contributed by atoms with Crippen molar-refractivity contribution in [3.05, 3.63) is 24.3 Å². The van der Waals surface area contributed by atoms with Crippen LogP contribution in [0.1, 0.15) is 39.5 Å². The molecule has 0 heterocycles. The van der Waals surface area contributed by atoms with Crippen molar-refractivity contribution in [1.29, 1.82) is 0 Å². The van der Waals surface area contributed by atoms with Gasteiger partial charge in [-0.05, 0) is 25.7 Å². The van der Waals surface area contributed by atoms with Gasteiger partial charge in [0.2, 0.25) is 0 Å². The zero-order valence-corrected chi connectivity index (χ0v) is 7.14. The summed E-state index contributed by atoms with van der Waals surface area (Å²) in [5, 5.41) is 0. The normalized spacial score (nSPS) is 16.6. The minimum atomic E-state index is 1.23. The third-order valence-electron chi connectivity index (χ3n) is 1.33. The molecule has 0 aromatic carbocycles. The molecule has 0 N–H and O–H groups in total. The third kappa shape index (κ3) is 5.61. The van der Waals surface area contributed by atoms with Crippen LogP contribution in [0.3, 0.4) is 0 Å². The van der Waals surface area contributed by atoms with Crippen LogP contribution in [0.15, 0.2) is 24.3 Å². The number of rotatable bonds is 0. The summed E-state index contributed by atoms with van der Waals surface area (Å²) in [5.74, 6) is 0. The fourth-order valence-corrected chi connectivity index (χ4v) is 0.856. The molecule has 0 nitrogen and oxygen atoms in total. The van der Waals surface area contributed by atoms with Crippen molar-refractivity contribution < 1.29 is 0 Å². The fourth-order valence-electron chi connectivity index (χ4n) is 0.856. The third-order valence-corrected chi connectivity index (χ3v) is 1.33. The van der Waals surface area contributed by atoms with Crippen LogP contribution in [0.2, 0.25) is 0 Å². The molecular weight excluding hydrogens is 120 g/mol. The smallest absolute Gasteiger partial charge is 0.0316 e. The van der Waals surface area contributed by atoms with Gasteiger partial charge >= 0.3 is 0 Å². The molecule has 0 fully saturated rings. The number of hydrogen-bond donors (Lipinski definition) is 0. The molecule has 10 heavy (non-hydrogen) atoms. The average Bonchev–Trinajstić information content (AvgIpc) is 1.90. The summed E-state index contributed by atoms with van der Waals surface area (Å²) in [6.07, 6.45) is 14.0. The fraction of sp³-hybridized carbons (Fsp3) is 0.600. The van der Waals surface area contributed by atoms with E-state index in [1.807, 2.05) is 13.8 Å². The van der Waals surface area contributed by atoms with Gasteiger partial charge in [-0.2, -0.15) is 0 Å². The van der Waals surface area contributed by atoms with E-state index in [2.05, 4.69) is 24.3 Å². The molecule has 1 aliphatic rings. The number of hydrogen-bond acceptors (Lipinski definition) is 0. The maximum Gasteiger partial charge on any atom is -0.0316 e. The predicted octanol–water partition coefficient (Wildman–Crippen LogP) is 3.70. The van der Waals surface area contributed by atoms with Crippen molar-refractivity contribution in [2.45, 2.75) is 39.5 Å². The van der Waals surface area contributed by atoms with E-state index in [-0.39, 0.29) is 0 Å². The molecule has 0 atom stereocenters. The summed E-state index contributed by atoms with van der Waals surface area (Å²) >= 11 is 0. The molecule has 0 aromatic rings. The van der Waals surface area contributed by atoms with Gasteiger partial charge in [-0.1, -0.05) is 38.2 Å². The van der Waals surface area contributed by atoms with Gasteiger partial charge in [-0.3, -0.25) is 0 Å². The highest BCUT2D eigenvalue weighted by Crippen LogP contribution is 2.02. The highest BCUT2D eigenvalue weighted by Gasteiger charge is 1.81. The first-order valence-corrected chi connectivity index (χ1v) is 4.30. The second kappa shape index (κ2) is 8.48. The van der Waals surface area contributed by atoms with Gasteiger partial charge in [0, 0.05) is 0 Å². The summed E-state index contributed by atoms with van der Waals surface area (Å²) in [7, 11) is 0. The van der Waals surface area contributed by atoms with Crippen LogP contribution in [0.25, 0.3) is 0 Å². The Bertz CT molecular complexity index is 72.6. The Hall–Kier alpha value is -0.520. The zero-order valence-electron chi connectivity index (χ0n) is 7.14. The van der Waals surface area contributed by atoms with E-state index in [1.54, 1.807) is 0 Å². The molecule has 0 radical (unpaired) electrons. The highest BCUT2D eigenvalue weighted by atomic mass is 13.9. The van der Waals surface area contributed by atoms with E-state index in [1.165, 1.54) is 25.7 Å². The first-order chi connectivity index (χ1) is 5.00. The zero-order chi connectivity index (χ0) is 7.66. The number of allylic oxidation sites excluding steroid dienone is 4. The summed E-state index contributed by atoms with van der Waals surface area (Å²) in [6.45, 7) is 4.00. The molecule has 0 bridgehead atoms. The lowest BCUT2D eigenvalue weighted by atomic mass is 10.1. The Labute approximate surface area is 64.6 Å². The van der Waals surface area contributed by atoms with Crippen molar-refractivity contribution in [3.63, 3.8) is 0 Å². The molecule has 58 valence electrons. The van der Waals surface area contributed by atoms with E-state index in [4.69, 9.17) is 0 Å². The molecule has 0 saturated carbocycles. The molecule has 0 aliphatic heterocycles. The minimum Gasteiger partial charge on any atom is -0.0882 e. The lowest BCUT2D eigenvalue weighted by Crippen LogP contribution is -1.71. The predicted molar refractivity (Wildman–Crippen MR) is 48.1 cm³/mol. The van der Waals surface area contributed by atoms with Gasteiger partial charge < -0.3 is 0 Å². The van der Waals surface area contributed by atoms with Crippen LogP contribution < -0.4 is 0 Å². The maximum atomic E-state index is 2.27. The lowest BCUT2D eigenvalue weighted by Gasteiger charge is -1.92. The Morgan fingerprint density at radius 2 is 0.800 bits per heavy atom. The SMILES string of the molecule is C1=CCCC=CCC1.CC. The topological polar surface area (TPSA) is 0 Å². The second-order valence-corrected chi connectivity index (χ2v) is 2.10. The Balaban J connectivity index is 0.000000371. The van der Waals surface area contributed by atoms with Crippen molar-refractivity contribution in [1.82, 2.24) is 0 Å². The van der Waals surface area contributed by atoms with Gasteiger partial charge in [0.25, 0.3) is 0 Å². The van der Waals surface area contributed by atoms with Crippen LogP contribution in [-0.4, -0.2) is 0 Å². The van der Waals surface area contributed by atoms with Gasteiger partial charge in [-0.25, -0.2) is 0 Å². The van der Waals surface area contributed by atoms with E-state index >= 15 is 0 Å². The second-order valence-electron chi connectivity index (χ2n) is 2.10. The molecule has 1 rings (SSSR count). The van der Waals surface area contributed by atoms with Crippen LogP contribution in [0.4, 0.5) is 0 Å². The largest absolute Gasteiger partial charge is 0.0882 e. The Morgan fingerprint density at radius 3 is 1.00 bits per heavy atom. The molecule has 0 aromatic heterocycles. The van der Waals surface area contributed by atoms with E-state index in [0.29, 0.717) is 0 Å². The molecule has 0 saturated heterocycles. The highest BCUT2D eigenvalue weighted by molar-refractivity contribution is 4.93. The minimum absolute atomic E-state index is 1.23. The van der Waals surface area contributed by atoms with Gasteiger partial charge in [0.1, 0.15) is 0 Å². The van der Waals surface area contributed by atoms with E-state index in [9.17, 15) is 0 Å². The van der Waals surface area contributed by atoms with Crippen molar-refractivity contribution in [3.8, 4) is 0 Å². The Kier molecular flexibility index (Phi) is 8.04. The molecule has 0 unspecified atom stereocenters. The first kappa shape index (κ1) is 9.48. The quantitative estimate of drug-likeness (QED) is 0.448. The molecular formula is C10H18. The van der Waals surface area contributed by atoms with E-state index < -0.39 is 0 Å². The molecule has 1 aliphatic carbocycles. The van der Waals surface area contributed by atoms with Crippen molar-refractivity contribution >= 4 is 0 Å². The van der Waals surface area contributed by atoms with Crippen molar-refractivity contribution in [2.24, 2.45) is 0 Å². The first-order valence-electron chi connectivity index (χ1n) is 4.30. The van der Waals surface area contributed by atoms with Crippen LogP contribution >= 0.6 is 0 Å². The maximum absolute atomic E-state index is 2.27. The van der Waals surface area contributed by atoms with Crippen LogP contribution in [0, 0.1) is 0 Å². The standard InChI is InChI=1S/C8H12.C2H6/c1-2-4-6-8-7-5-3-1;1-2/h1-2,7-8H,3-6H2;1-2H3. The summed E-state index contributed by atoms with van der Waals surface area (Å²) < 4.78 is 0. The summed E-state index contributed by atoms with van der Waals surface area (Å²) in [4.78, 5) is 0. The molecule has 0 spiro atoms. The summed E-state index contributed by atoms with van der Waals surface area (Å²) in [6, 6.07) is 0. The molecule has 0 heteroatoms. The van der Waals surface area contributed by atoms with Gasteiger partial charge in [-0.15, -0.1) is 0 Å². The summed E-state index contributed by atoms with van der Waals surface area (Å²) in [5.41, 5.74) is 0. The van der Waals surface area contributed by atoms with Crippen molar-refractivity contribution in [2.75, 3.05) is 0 Å². The lowest BCUT2D eigenvalue weighted by molar-refractivity contribution is 0.962. The van der Waals surface area contributed by atoms with E-state index in [0.717, 1.165) is 0 Å².